The van der Waals surface area contributed by atoms with Gasteiger partial charge in [0.1, 0.15) is 0 Å². The van der Waals surface area contributed by atoms with Crippen molar-refractivity contribution in [3.63, 3.8) is 0 Å². The smallest absolute Gasteiger partial charge is 0.333 e. The Morgan fingerprint density at radius 2 is 2.00 bits per heavy atom. The van der Waals surface area contributed by atoms with E-state index in [1.54, 1.807) is 6.92 Å². The lowest BCUT2D eigenvalue weighted by atomic mass is 9.84. The molecule has 0 aromatic carbocycles. The summed E-state index contributed by atoms with van der Waals surface area (Å²) in [7, 11) is 0. The van der Waals surface area contributed by atoms with Crippen LogP contribution in [-0.4, -0.2) is 39.0 Å². The summed E-state index contributed by atoms with van der Waals surface area (Å²) in [6, 6.07) is 0. The fourth-order valence-corrected chi connectivity index (χ4v) is 1.66. The van der Waals surface area contributed by atoms with Gasteiger partial charge in [-0.15, -0.1) is 0 Å². The van der Waals surface area contributed by atoms with Crippen molar-refractivity contribution in [3.05, 3.63) is 12.2 Å². The zero-order chi connectivity index (χ0) is 13.4. The molecule has 0 unspecified atom stereocenters. The lowest BCUT2D eigenvalue weighted by Crippen LogP contribution is -2.45. The molecule has 0 aliphatic carbocycles. The predicted molar refractivity (Wildman–Crippen MR) is 69.4 cm³/mol. The normalized spacial score (nSPS) is 17.0. The van der Waals surface area contributed by atoms with Gasteiger partial charge in [0.15, 0.2) is 0 Å². The maximum Gasteiger partial charge on any atom is 0.333 e. The van der Waals surface area contributed by atoms with Crippen LogP contribution in [0.2, 0.25) is 0 Å². The van der Waals surface area contributed by atoms with E-state index in [-0.39, 0.29) is 11.4 Å². The van der Waals surface area contributed by atoms with E-state index in [2.05, 4.69) is 13.5 Å². The average Bonchev–Trinajstić information content (AvgIpc) is 2.30. The number of hydrogen-bond acceptors (Lipinski definition) is 4. The molecule has 4 nitrogen and oxygen atoms in total. The summed E-state index contributed by atoms with van der Waals surface area (Å²) < 4.78 is 15.9. The van der Waals surface area contributed by atoms with Crippen molar-refractivity contribution in [2.75, 3.05) is 33.0 Å². The molecule has 0 N–H and O–H groups in total. The maximum absolute atomic E-state index is 11.1. The summed E-state index contributed by atoms with van der Waals surface area (Å²) in [5.41, 5.74) is 0.702. The van der Waals surface area contributed by atoms with Crippen molar-refractivity contribution in [2.24, 2.45) is 5.41 Å². The van der Waals surface area contributed by atoms with Gasteiger partial charge in [-0.1, -0.05) is 13.5 Å². The summed E-state index contributed by atoms with van der Waals surface area (Å²) in [5.74, 6) is -0.313. The quantitative estimate of drug-likeness (QED) is 0.361. The molecule has 1 heterocycles. The van der Waals surface area contributed by atoms with Crippen LogP contribution in [-0.2, 0) is 19.0 Å². The number of carbonyl (C=O) groups excluding carboxylic acids is 1. The maximum atomic E-state index is 11.1. The Bertz CT molecular complexity index is 276. The molecule has 4 heteroatoms. The fraction of sp³-hybridized carbons (Fsp3) is 0.786. The number of esters is 1. The molecule has 0 aromatic rings. The van der Waals surface area contributed by atoms with Crippen LogP contribution >= 0.6 is 0 Å². The molecule has 0 saturated carbocycles. The number of rotatable bonds is 9. The Kier molecular flexibility index (Phi) is 6.36. The van der Waals surface area contributed by atoms with Crippen LogP contribution in [0.1, 0.15) is 33.1 Å². The highest BCUT2D eigenvalue weighted by Crippen LogP contribution is 2.31. The number of unbranched alkanes of at least 4 members (excludes halogenated alkanes) is 1. The minimum absolute atomic E-state index is 0.256. The van der Waals surface area contributed by atoms with E-state index < -0.39 is 0 Å². The van der Waals surface area contributed by atoms with Crippen molar-refractivity contribution in [1.82, 2.24) is 0 Å². The Labute approximate surface area is 109 Å². The van der Waals surface area contributed by atoms with Crippen LogP contribution < -0.4 is 0 Å². The third-order valence-corrected chi connectivity index (χ3v) is 3.24. The van der Waals surface area contributed by atoms with E-state index in [0.29, 0.717) is 18.8 Å². The molecule has 0 amide bonds. The van der Waals surface area contributed by atoms with Crippen LogP contribution in [0, 0.1) is 5.41 Å². The van der Waals surface area contributed by atoms with E-state index in [1.807, 2.05) is 0 Å². The highest BCUT2D eigenvalue weighted by molar-refractivity contribution is 5.86. The number of carbonyl (C=O) groups is 1. The molecule has 1 saturated heterocycles. The third kappa shape index (κ3) is 4.78. The minimum atomic E-state index is -0.313. The summed E-state index contributed by atoms with van der Waals surface area (Å²) in [6.45, 7) is 10.9. The molecule has 18 heavy (non-hydrogen) atoms. The fourth-order valence-electron chi connectivity index (χ4n) is 1.66. The second kappa shape index (κ2) is 7.54. The van der Waals surface area contributed by atoms with E-state index in [9.17, 15) is 4.79 Å². The largest absolute Gasteiger partial charge is 0.462 e. The first-order valence-corrected chi connectivity index (χ1v) is 6.58. The summed E-state index contributed by atoms with van der Waals surface area (Å²) in [5, 5.41) is 0. The third-order valence-electron chi connectivity index (χ3n) is 3.24. The summed E-state index contributed by atoms with van der Waals surface area (Å²) in [6.07, 6.45) is 2.84. The van der Waals surface area contributed by atoms with Gasteiger partial charge in [0, 0.05) is 17.6 Å². The van der Waals surface area contributed by atoms with Gasteiger partial charge in [0.05, 0.1) is 26.4 Å². The van der Waals surface area contributed by atoms with Crippen LogP contribution in [0.25, 0.3) is 0 Å². The molecule has 0 spiro atoms. The van der Waals surface area contributed by atoms with Gasteiger partial charge in [-0.05, 0) is 26.2 Å². The number of ether oxygens (including phenoxy) is 3. The van der Waals surface area contributed by atoms with Gasteiger partial charge in [-0.2, -0.15) is 0 Å². The van der Waals surface area contributed by atoms with E-state index in [4.69, 9.17) is 14.2 Å². The van der Waals surface area contributed by atoms with Gasteiger partial charge < -0.3 is 14.2 Å². The molecule has 0 bridgehead atoms. The van der Waals surface area contributed by atoms with Gasteiger partial charge in [-0.3, -0.25) is 0 Å². The van der Waals surface area contributed by atoms with Gasteiger partial charge in [-0.25, -0.2) is 4.79 Å². The highest BCUT2D eigenvalue weighted by atomic mass is 16.5. The first-order chi connectivity index (χ1) is 8.59. The van der Waals surface area contributed by atoms with Gasteiger partial charge in [0.2, 0.25) is 0 Å². The Balaban J connectivity index is 1.93. The van der Waals surface area contributed by atoms with Crippen LogP contribution in [0.15, 0.2) is 12.2 Å². The molecule has 1 rings (SSSR count). The zero-order valence-corrected chi connectivity index (χ0v) is 11.5. The molecule has 104 valence electrons. The lowest BCUT2D eigenvalue weighted by molar-refractivity contribution is -0.150. The van der Waals surface area contributed by atoms with Crippen molar-refractivity contribution >= 4 is 5.97 Å². The van der Waals surface area contributed by atoms with Crippen molar-refractivity contribution < 1.29 is 19.0 Å². The Hall–Kier alpha value is -0.870. The highest BCUT2D eigenvalue weighted by Gasteiger charge is 2.36. The first-order valence-electron chi connectivity index (χ1n) is 6.58. The molecule has 1 aliphatic heterocycles. The second-order valence-corrected chi connectivity index (χ2v) is 5.02. The molecular weight excluding hydrogens is 232 g/mol. The van der Waals surface area contributed by atoms with Gasteiger partial charge >= 0.3 is 5.97 Å². The van der Waals surface area contributed by atoms with E-state index in [0.717, 1.165) is 39.1 Å². The van der Waals surface area contributed by atoms with Crippen molar-refractivity contribution in [2.45, 2.75) is 33.1 Å². The SMILES string of the molecule is C=C(C)C(=O)OCCCCOCC1(CC)COC1. The van der Waals surface area contributed by atoms with Crippen molar-refractivity contribution in [1.29, 1.82) is 0 Å². The lowest BCUT2D eigenvalue weighted by Gasteiger charge is -2.40. The minimum Gasteiger partial charge on any atom is -0.462 e. The topological polar surface area (TPSA) is 44.8 Å². The number of hydrogen-bond donors (Lipinski definition) is 0. The molecule has 1 fully saturated rings. The van der Waals surface area contributed by atoms with Crippen LogP contribution in [0.4, 0.5) is 0 Å². The molecule has 0 radical (unpaired) electrons. The summed E-state index contributed by atoms with van der Waals surface area (Å²) in [4.78, 5) is 11.1. The standard InChI is InChI=1S/C14H24O4/c1-4-14(10-17-11-14)9-16-7-5-6-8-18-13(15)12(2)3/h2,4-11H2,1,3H3. The van der Waals surface area contributed by atoms with E-state index >= 15 is 0 Å². The van der Waals surface area contributed by atoms with Crippen LogP contribution in [0.5, 0.6) is 0 Å². The van der Waals surface area contributed by atoms with Gasteiger partial charge in [0.25, 0.3) is 0 Å². The van der Waals surface area contributed by atoms with E-state index in [1.165, 1.54) is 0 Å². The molecular formula is C14H24O4. The Morgan fingerprint density at radius 3 is 2.50 bits per heavy atom. The van der Waals surface area contributed by atoms with Crippen LogP contribution in [0.3, 0.4) is 0 Å². The van der Waals surface area contributed by atoms with Crippen molar-refractivity contribution in [3.8, 4) is 0 Å². The first kappa shape index (κ1) is 15.2. The monoisotopic (exact) mass is 256 g/mol. The zero-order valence-electron chi connectivity index (χ0n) is 11.5. The Morgan fingerprint density at radius 1 is 1.33 bits per heavy atom. The second-order valence-electron chi connectivity index (χ2n) is 5.02. The summed E-state index contributed by atoms with van der Waals surface area (Å²) >= 11 is 0. The molecule has 0 aromatic heterocycles. The molecule has 0 atom stereocenters. The predicted octanol–water partition coefficient (Wildman–Crippen LogP) is 2.33. The molecule has 1 aliphatic rings. The average molecular weight is 256 g/mol.